The molecule has 1 fully saturated rings. The molecule has 4 rings (SSSR count). The maximum absolute atomic E-state index is 14.0. The average Bonchev–Trinajstić information content (AvgIpc) is 3.74. The summed E-state index contributed by atoms with van der Waals surface area (Å²) >= 11 is 0. The number of rotatable bonds is 8. The molecule has 1 aliphatic carbocycles. The number of carbonyl (C=O) groups is 3. The molecule has 46 heavy (non-hydrogen) atoms. The van der Waals surface area contributed by atoms with E-state index in [0.717, 1.165) is 18.5 Å². The number of benzene rings is 2. The van der Waals surface area contributed by atoms with Crippen molar-refractivity contribution in [1.29, 1.82) is 0 Å². The van der Waals surface area contributed by atoms with Crippen LogP contribution in [0.5, 0.6) is 0 Å². The first kappa shape index (κ1) is 34.9. The molecule has 2 aliphatic rings. The van der Waals surface area contributed by atoms with Gasteiger partial charge in [-0.2, -0.15) is 26.3 Å². The zero-order valence-corrected chi connectivity index (χ0v) is 26.2. The van der Waals surface area contributed by atoms with Crippen molar-refractivity contribution in [2.24, 2.45) is 5.92 Å². The monoisotopic (exact) mass is 656 g/mol. The molecule has 1 aliphatic heterocycles. The summed E-state index contributed by atoms with van der Waals surface area (Å²) in [5.41, 5.74) is -3.28. The number of amides is 3. The largest absolute Gasteiger partial charge is 0.444 e. The van der Waals surface area contributed by atoms with E-state index in [4.69, 9.17) is 4.74 Å². The zero-order chi connectivity index (χ0) is 34.2. The number of halogens is 6. The minimum Gasteiger partial charge on any atom is -0.444 e. The maximum atomic E-state index is 14.0. The highest BCUT2D eigenvalue weighted by atomic mass is 19.4. The highest BCUT2D eigenvalue weighted by molar-refractivity contribution is 6.04. The highest BCUT2D eigenvalue weighted by Crippen LogP contribution is 2.39. The van der Waals surface area contributed by atoms with Crippen molar-refractivity contribution >= 4 is 29.3 Å². The molecule has 8 nitrogen and oxygen atoms in total. The number of hydrogen-bond donors (Lipinski definition) is 2. The number of hydrogen-bond acceptors (Lipinski definition) is 5. The lowest BCUT2D eigenvalue weighted by molar-refractivity contribution is -0.142. The SMILES string of the molecule is CC(C)N1C(=O)[C@H](NC(=O)[C@@H](Cc2cc(C(F)(F)F)ccc2C(F)(F)F)NC(=O)OC(C)(C)C)CN(CC2CC2)c2ccccc21. The van der Waals surface area contributed by atoms with E-state index in [9.17, 15) is 40.7 Å². The van der Waals surface area contributed by atoms with Gasteiger partial charge >= 0.3 is 18.4 Å². The lowest BCUT2D eigenvalue weighted by Crippen LogP contribution is -2.58. The van der Waals surface area contributed by atoms with Crippen LogP contribution in [0.2, 0.25) is 0 Å². The van der Waals surface area contributed by atoms with E-state index in [1.54, 1.807) is 26.0 Å². The van der Waals surface area contributed by atoms with Crippen LogP contribution >= 0.6 is 0 Å². The first-order valence-electron chi connectivity index (χ1n) is 15.0. The molecule has 2 N–H and O–H groups in total. The summed E-state index contributed by atoms with van der Waals surface area (Å²) in [5.74, 6) is -1.16. The fourth-order valence-corrected chi connectivity index (χ4v) is 5.41. The standard InChI is InChI=1S/C32H38F6N4O4/c1-18(2)42-26-9-7-6-8-25(26)41(16-19-10-11-19)17-24(28(42)44)39-27(43)23(40-29(45)46-30(3,4)5)15-20-14-21(31(33,34)35)12-13-22(20)32(36,37)38/h6-9,12-14,18-19,23-24H,10-11,15-17H2,1-5H3,(H,39,43)(H,40,45)/t23-,24-/m1/s1. The minimum absolute atomic E-state index is 0.0256. The lowest BCUT2D eigenvalue weighted by Gasteiger charge is -2.30. The van der Waals surface area contributed by atoms with Gasteiger partial charge in [-0.1, -0.05) is 12.1 Å². The fourth-order valence-electron chi connectivity index (χ4n) is 5.41. The van der Waals surface area contributed by atoms with E-state index in [1.165, 1.54) is 25.7 Å². The molecule has 0 radical (unpaired) electrons. The van der Waals surface area contributed by atoms with Crippen LogP contribution in [0.25, 0.3) is 0 Å². The molecule has 1 heterocycles. The molecule has 2 aromatic rings. The molecular weight excluding hydrogens is 618 g/mol. The van der Waals surface area contributed by atoms with Gasteiger partial charge in [-0.05, 0) is 89.3 Å². The average molecular weight is 657 g/mol. The predicted molar refractivity (Wildman–Crippen MR) is 159 cm³/mol. The second kappa shape index (κ2) is 13.0. The van der Waals surface area contributed by atoms with Gasteiger partial charge in [0.1, 0.15) is 17.7 Å². The fraction of sp³-hybridized carbons (Fsp3) is 0.531. The quantitative estimate of drug-likeness (QED) is 0.325. The van der Waals surface area contributed by atoms with E-state index < -0.39 is 71.1 Å². The summed E-state index contributed by atoms with van der Waals surface area (Å²) in [6, 6.07) is 4.80. The van der Waals surface area contributed by atoms with Crippen LogP contribution in [0.4, 0.5) is 42.5 Å². The second-order valence-electron chi connectivity index (χ2n) is 13.0. The van der Waals surface area contributed by atoms with Crippen LogP contribution in [0.15, 0.2) is 42.5 Å². The van der Waals surface area contributed by atoms with Crippen molar-refractivity contribution in [3.8, 4) is 0 Å². The van der Waals surface area contributed by atoms with Crippen molar-refractivity contribution < 1.29 is 45.5 Å². The molecule has 0 aromatic heterocycles. The third-order valence-corrected chi connectivity index (χ3v) is 7.60. The van der Waals surface area contributed by atoms with Gasteiger partial charge in [0, 0.05) is 25.6 Å². The van der Waals surface area contributed by atoms with E-state index in [2.05, 4.69) is 10.6 Å². The van der Waals surface area contributed by atoms with Crippen LogP contribution < -0.4 is 20.4 Å². The van der Waals surface area contributed by atoms with Gasteiger partial charge in [-0.25, -0.2) is 4.79 Å². The zero-order valence-electron chi connectivity index (χ0n) is 26.2. The Kier molecular flexibility index (Phi) is 9.89. The Morgan fingerprint density at radius 2 is 1.59 bits per heavy atom. The van der Waals surface area contributed by atoms with Crippen LogP contribution in [0.3, 0.4) is 0 Å². The van der Waals surface area contributed by atoms with Crippen LogP contribution in [-0.4, -0.2) is 54.7 Å². The van der Waals surface area contributed by atoms with Gasteiger partial charge in [0.25, 0.3) is 5.91 Å². The number of carbonyl (C=O) groups excluding carboxylic acids is 3. The van der Waals surface area contributed by atoms with E-state index in [-0.39, 0.29) is 12.6 Å². The Morgan fingerprint density at radius 1 is 0.957 bits per heavy atom. The molecule has 0 unspecified atom stereocenters. The topological polar surface area (TPSA) is 91.0 Å². The Morgan fingerprint density at radius 3 is 2.13 bits per heavy atom. The molecule has 3 amide bonds. The van der Waals surface area contributed by atoms with Gasteiger partial charge in [0.2, 0.25) is 5.91 Å². The Hall–Kier alpha value is -3.97. The number of nitrogens with one attached hydrogen (secondary N) is 2. The normalized spacial score (nSPS) is 18.2. The van der Waals surface area contributed by atoms with Crippen LogP contribution in [0.1, 0.15) is 64.2 Å². The Bertz CT molecular complexity index is 1450. The molecule has 0 bridgehead atoms. The summed E-state index contributed by atoms with van der Waals surface area (Å²) in [4.78, 5) is 44.1. The van der Waals surface area contributed by atoms with Gasteiger partial charge in [-0.3, -0.25) is 9.59 Å². The number of para-hydroxylation sites is 2. The van der Waals surface area contributed by atoms with Gasteiger partial charge in [0.05, 0.1) is 22.5 Å². The van der Waals surface area contributed by atoms with E-state index in [0.29, 0.717) is 36.3 Å². The smallest absolute Gasteiger partial charge is 0.416 e. The molecule has 0 saturated heterocycles. The first-order valence-corrected chi connectivity index (χ1v) is 15.0. The van der Waals surface area contributed by atoms with Crippen molar-refractivity contribution in [1.82, 2.24) is 10.6 Å². The predicted octanol–water partition coefficient (Wildman–Crippen LogP) is 6.32. The maximum Gasteiger partial charge on any atom is 0.416 e. The third kappa shape index (κ3) is 8.64. The number of nitrogens with zero attached hydrogens (tertiary/aromatic N) is 2. The summed E-state index contributed by atoms with van der Waals surface area (Å²) in [7, 11) is 0. The van der Waals surface area contributed by atoms with Crippen molar-refractivity contribution in [2.45, 2.75) is 90.0 Å². The summed E-state index contributed by atoms with van der Waals surface area (Å²) in [5, 5.41) is 4.82. The Labute approximate surface area is 263 Å². The molecule has 252 valence electrons. The summed E-state index contributed by atoms with van der Waals surface area (Å²) < 4.78 is 87.6. The molecule has 2 aromatic carbocycles. The van der Waals surface area contributed by atoms with E-state index in [1.807, 2.05) is 17.0 Å². The van der Waals surface area contributed by atoms with Gasteiger partial charge < -0.3 is 25.2 Å². The van der Waals surface area contributed by atoms with Gasteiger partial charge in [-0.15, -0.1) is 0 Å². The molecule has 2 atom stereocenters. The molecular formula is C32H38F6N4O4. The Balaban J connectivity index is 1.71. The number of ether oxygens (including phenoxy) is 1. The molecule has 0 spiro atoms. The minimum atomic E-state index is -5.06. The summed E-state index contributed by atoms with van der Waals surface area (Å²) in [6.07, 6.45) is -10.2. The summed E-state index contributed by atoms with van der Waals surface area (Å²) in [6.45, 7) is 8.78. The molecule has 1 saturated carbocycles. The van der Waals surface area contributed by atoms with Crippen LogP contribution in [-0.2, 0) is 33.1 Å². The first-order chi connectivity index (χ1) is 21.2. The number of fused-ring (bicyclic) bond motifs is 1. The van der Waals surface area contributed by atoms with Gasteiger partial charge in [0.15, 0.2) is 0 Å². The number of alkyl halides is 6. The number of alkyl carbamates (subject to hydrolysis) is 1. The van der Waals surface area contributed by atoms with Crippen LogP contribution in [0, 0.1) is 5.92 Å². The lowest BCUT2D eigenvalue weighted by atomic mass is 9.96. The van der Waals surface area contributed by atoms with E-state index >= 15 is 0 Å². The second-order valence-corrected chi connectivity index (χ2v) is 13.0. The van der Waals surface area contributed by atoms with Crippen molar-refractivity contribution in [3.05, 3.63) is 59.2 Å². The molecule has 14 heteroatoms. The van der Waals surface area contributed by atoms with Crippen molar-refractivity contribution in [2.75, 3.05) is 22.9 Å². The highest BCUT2D eigenvalue weighted by Gasteiger charge is 2.41. The van der Waals surface area contributed by atoms with Crippen molar-refractivity contribution in [3.63, 3.8) is 0 Å². The number of anilines is 2. The third-order valence-electron chi connectivity index (χ3n) is 7.60.